The number of ether oxygens (including phenoxy) is 2. The summed E-state index contributed by atoms with van der Waals surface area (Å²) in [7, 11) is 0. The predicted octanol–water partition coefficient (Wildman–Crippen LogP) is 1.86. The van der Waals surface area contributed by atoms with E-state index in [-0.39, 0.29) is 10.7 Å². The van der Waals surface area contributed by atoms with Gasteiger partial charge in [-0.2, -0.15) is 5.10 Å². The molecule has 0 spiro atoms. The standard InChI is InChI=1S/C12H9ClN2O3/c13-11-6-8(12(16)15-14-11)7-1-2-9-10(5-7)18-4-3-17-9/h1-2,5-6H,3-4H2,(H,15,16). The summed E-state index contributed by atoms with van der Waals surface area (Å²) >= 11 is 5.77. The van der Waals surface area contributed by atoms with Crippen LogP contribution < -0.4 is 15.0 Å². The lowest BCUT2D eigenvalue weighted by Crippen LogP contribution is -2.15. The van der Waals surface area contributed by atoms with Gasteiger partial charge in [-0.15, -0.1) is 0 Å². The van der Waals surface area contributed by atoms with Gasteiger partial charge in [-0.3, -0.25) is 4.79 Å². The maximum absolute atomic E-state index is 11.7. The van der Waals surface area contributed by atoms with E-state index in [1.54, 1.807) is 18.2 Å². The summed E-state index contributed by atoms with van der Waals surface area (Å²) in [5.74, 6) is 1.31. The SMILES string of the molecule is O=c1[nH]nc(Cl)cc1-c1ccc2c(c1)OCCO2. The molecule has 0 bridgehead atoms. The maximum Gasteiger partial charge on any atom is 0.272 e. The maximum atomic E-state index is 11.7. The Kier molecular flexibility index (Phi) is 2.68. The lowest BCUT2D eigenvalue weighted by molar-refractivity contribution is 0.171. The van der Waals surface area contributed by atoms with Crippen LogP contribution in [0.25, 0.3) is 11.1 Å². The number of fused-ring (bicyclic) bond motifs is 1. The fraction of sp³-hybridized carbons (Fsp3) is 0.167. The van der Waals surface area contributed by atoms with Gasteiger partial charge in [0.25, 0.3) is 5.56 Å². The van der Waals surface area contributed by atoms with Gasteiger partial charge in [-0.1, -0.05) is 17.7 Å². The molecule has 2 aromatic rings. The van der Waals surface area contributed by atoms with E-state index < -0.39 is 0 Å². The zero-order valence-corrected chi connectivity index (χ0v) is 10.0. The number of rotatable bonds is 1. The second kappa shape index (κ2) is 4.34. The van der Waals surface area contributed by atoms with Crippen LogP contribution in [-0.4, -0.2) is 23.4 Å². The Morgan fingerprint density at radius 1 is 1.17 bits per heavy atom. The van der Waals surface area contributed by atoms with E-state index in [2.05, 4.69) is 10.2 Å². The number of nitrogens with one attached hydrogen (secondary N) is 1. The molecule has 6 heteroatoms. The molecule has 0 saturated carbocycles. The minimum Gasteiger partial charge on any atom is -0.486 e. The molecule has 0 amide bonds. The Hall–Kier alpha value is -2.01. The van der Waals surface area contributed by atoms with Gasteiger partial charge in [0, 0.05) is 0 Å². The van der Waals surface area contributed by atoms with Crippen molar-refractivity contribution in [1.82, 2.24) is 10.2 Å². The van der Waals surface area contributed by atoms with Crippen LogP contribution >= 0.6 is 11.6 Å². The van der Waals surface area contributed by atoms with Gasteiger partial charge in [0.05, 0.1) is 5.56 Å². The van der Waals surface area contributed by atoms with Crippen LogP contribution in [0.4, 0.5) is 0 Å². The van der Waals surface area contributed by atoms with Gasteiger partial charge in [-0.25, -0.2) is 5.10 Å². The molecule has 92 valence electrons. The summed E-state index contributed by atoms with van der Waals surface area (Å²) in [5, 5.41) is 6.20. The molecule has 5 nitrogen and oxygen atoms in total. The quantitative estimate of drug-likeness (QED) is 0.854. The zero-order chi connectivity index (χ0) is 12.5. The van der Waals surface area contributed by atoms with Crippen LogP contribution in [0.1, 0.15) is 0 Å². The average Bonchev–Trinajstić information content (AvgIpc) is 2.41. The molecule has 0 aliphatic carbocycles. The van der Waals surface area contributed by atoms with E-state index in [1.165, 1.54) is 6.07 Å². The summed E-state index contributed by atoms with van der Waals surface area (Å²) in [6.07, 6.45) is 0. The molecule has 2 heterocycles. The largest absolute Gasteiger partial charge is 0.486 e. The normalized spacial score (nSPS) is 13.4. The lowest BCUT2D eigenvalue weighted by atomic mass is 10.1. The third-order valence-electron chi connectivity index (χ3n) is 2.63. The molecule has 1 aliphatic heterocycles. The van der Waals surface area contributed by atoms with Gasteiger partial charge in [0.15, 0.2) is 11.5 Å². The molecule has 0 fully saturated rings. The van der Waals surface area contributed by atoms with E-state index >= 15 is 0 Å². The molecular weight excluding hydrogens is 256 g/mol. The number of halogens is 1. The van der Waals surface area contributed by atoms with Crippen molar-refractivity contribution in [3.63, 3.8) is 0 Å². The Balaban J connectivity index is 2.12. The number of aromatic amines is 1. The van der Waals surface area contributed by atoms with E-state index in [0.717, 1.165) is 0 Å². The molecule has 1 aromatic carbocycles. The highest BCUT2D eigenvalue weighted by Crippen LogP contribution is 2.33. The number of benzene rings is 1. The zero-order valence-electron chi connectivity index (χ0n) is 9.27. The molecule has 1 aromatic heterocycles. The number of aromatic nitrogens is 2. The van der Waals surface area contributed by atoms with Gasteiger partial charge in [0.2, 0.25) is 0 Å². The first-order valence-electron chi connectivity index (χ1n) is 5.39. The van der Waals surface area contributed by atoms with Crippen molar-refractivity contribution < 1.29 is 9.47 Å². The molecular formula is C12H9ClN2O3. The van der Waals surface area contributed by atoms with Crippen LogP contribution in [0.5, 0.6) is 11.5 Å². The fourth-order valence-electron chi connectivity index (χ4n) is 1.81. The molecule has 1 N–H and O–H groups in total. The fourth-order valence-corrected chi connectivity index (χ4v) is 1.96. The minimum atomic E-state index is -0.295. The molecule has 3 rings (SSSR count). The number of nitrogens with zero attached hydrogens (tertiary/aromatic N) is 1. The average molecular weight is 265 g/mol. The number of H-pyrrole nitrogens is 1. The van der Waals surface area contributed by atoms with Crippen molar-refractivity contribution in [3.05, 3.63) is 39.8 Å². The van der Waals surface area contributed by atoms with Crippen LogP contribution in [0, 0.1) is 0 Å². The Morgan fingerprint density at radius 2 is 1.94 bits per heavy atom. The lowest BCUT2D eigenvalue weighted by Gasteiger charge is -2.18. The second-order valence-electron chi connectivity index (χ2n) is 3.79. The van der Waals surface area contributed by atoms with Crippen molar-refractivity contribution in [1.29, 1.82) is 0 Å². The van der Waals surface area contributed by atoms with Gasteiger partial charge in [-0.05, 0) is 23.8 Å². The smallest absolute Gasteiger partial charge is 0.272 e. The third kappa shape index (κ3) is 1.93. The summed E-state index contributed by atoms with van der Waals surface area (Å²) < 4.78 is 10.9. The van der Waals surface area contributed by atoms with Crippen LogP contribution in [0.3, 0.4) is 0 Å². The van der Waals surface area contributed by atoms with Crippen molar-refractivity contribution in [3.8, 4) is 22.6 Å². The highest BCUT2D eigenvalue weighted by atomic mass is 35.5. The van der Waals surface area contributed by atoms with Crippen molar-refractivity contribution in [2.24, 2.45) is 0 Å². The van der Waals surface area contributed by atoms with Crippen LogP contribution in [0.2, 0.25) is 5.15 Å². The summed E-state index contributed by atoms with van der Waals surface area (Å²) in [5.41, 5.74) is 0.868. The first-order chi connectivity index (χ1) is 8.74. The molecule has 0 radical (unpaired) electrons. The van der Waals surface area contributed by atoms with E-state index in [9.17, 15) is 4.79 Å². The molecule has 0 saturated heterocycles. The van der Waals surface area contributed by atoms with Crippen LogP contribution in [-0.2, 0) is 0 Å². The van der Waals surface area contributed by atoms with Crippen molar-refractivity contribution >= 4 is 11.6 Å². The minimum absolute atomic E-state index is 0.236. The van der Waals surface area contributed by atoms with Crippen molar-refractivity contribution in [2.75, 3.05) is 13.2 Å². The van der Waals surface area contributed by atoms with E-state index in [4.69, 9.17) is 21.1 Å². The molecule has 1 aliphatic rings. The van der Waals surface area contributed by atoms with Crippen LogP contribution in [0.15, 0.2) is 29.1 Å². The topological polar surface area (TPSA) is 64.2 Å². The van der Waals surface area contributed by atoms with Gasteiger partial charge in [0.1, 0.15) is 18.4 Å². The predicted molar refractivity (Wildman–Crippen MR) is 66.3 cm³/mol. The van der Waals surface area contributed by atoms with E-state index in [0.29, 0.717) is 35.8 Å². The number of hydrogen-bond acceptors (Lipinski definition) is 4. The Morgan fingerprint density at radius 3 is 2.78 bits per heavy atom. The first kappa shape index (κ1) is 11.1. The highest BCUT2D eigenvalue weighted by Gasteiger charge is 2.14. The summed E-state index contributed by atoms with van der Waals surface area (Å²) in [6, 6.07) is 6.84. The third-order valence-corrected chi connectivity index (χ3v) is 2.82. The molecule has 0 atom stereocenters. The second-order valence-corrected chi connectivity index (χ2v) is 4.18. The summed E-state index contributed by atoms with van der Waals surface area (Å²) in [4.78, 5) is 11.7. The van der Waals surface area contributed by atoms with E-state index in [1.807, 2.05) is 0 Å². The van der Waals surface area contributed by atoms with Gasteiger partial charge >= 0.3 is 0 Å². The Labute approximate surface area is 107 Å². The van der Waals surface area contributed by atoms with Gasteiger partial charge < -0.3 is 9.47 Å². The first-order valence-corrected chi connectivity index (χ1v) is 5.77. The number of hydrogen-bond donors (Lipinski definition) is 1. The van der Waals surface area contributed by atoms with Crippen molar-refractivity contribution in [2.45, 2.75) is 0 Å². The monoisotopic (exact) mass is 264 g/mol. The summed E-state index contributed by atoms with van der Waals surface area (Å²) in [6.45, 7) is 1.04. The molecule has 0 unspecified atom stereocenters. The molecule has 18 heavy (non-hydrogen) atoms. The highest BCUT2D eigenvalue weighted by molar-refractivity contribution is 6.29. The Bertz CT molecular complexity index is 654.